The first kappa shape index (κ1) is 31.2. The molecule has 0 radical (unpaired) electrons. The fourth-order valence-corrected chi connectivity index (χ4v) is 1.65. The van der Waals surface area contributed by atoms with E-state index < -0.39 is 54.4 Å². The molecule has 0 fully saturated rings. The maximum atomic E-state index is 13.4. The van der Waals surface area contributed by atoms with Crippen LogP contribution in [-0.2, 0) is 9.53 Å². The molecule has 0 atom stereocenters. The molecule has 0 unspecified atom stereocenters. The highest BCUT2D eigenvalue weighted by Crippen LogP contribution is 2.60. The monoisotopic (exact) mass is 520 g/mol. The van der Waals surface area contributed by atoms with Crippen LogP contribution in [-0.4, -0.2) is 48.4 Å². The Balaban J connectivity index is 5.45. The summed E-state index contributed by atoms with van der Waals surface area (Å²) >= 11 is 0. The van der Waals surface area contributed by atoms with E-state index in [1.54, 1.807) is 5.92 Å². The first-order valence-electron chi connectivity index (χ1n) is 8.64. The summed E-state index contributed by atoms with van der Waals surface area (Å²) in [4.78, 5) is 11.2. The van der Waals surface area contributed by atoms with Gasteiger partial charge in [0.1, 0.15) is 0 Å². The van der Waals surface area contributed by atoms with Crippen LogP contribution in [0.1, 0.15) is 19.8 Å². The van der Waals surface area contributed by atoms with Gasteiger partial charge in [-0.2, -0.15) is 57.1 Å². The number of ether oxygens (including phenoxy) is 1. The Morgan fingerprint density at radius 3 is 1.74 bits per heavy atom. The SMILES string of the molecule is CCCC#C/C=C\C(=O)OCC#C/C=C/C(F)(F)C(F)(F)C(F)(F)C(F)(F)C(F)(F)C(F)(F)F. The molecule has 0 N–H and O–H groups in total. The van der Waals surface area contributed by atoms with Crippen LogP contribution < -0.4 is 0 Å². The number of hydrogen-bond acceptors (Lipinski definition) is 2. The van der Waals surface area contributed by atoms with E-state index in [0.29, 0.717) is 6.42 Å². The number of carbonyl (C=O) groups excluding carboxylic acids is 1. The second-order valence-electron chi connectivity index (χ2n) is 6.08. The third-order valence-corrected chi connectivity index (χ3v) is 3.50. The van der Waals surface area contributed by atoms with Gasteiger partial charge in [0.05, 0.1) is 0 Å². The van der Waals surface area contributed by atoms with E-state index in [-0.39, 0.29) is 6.08 Å². The first-order valence-corrected chi connectivity index (χ1v) is 8.64. The molecular formula is C19H13F13O2. The molecule has 0 heterocycles. The Kier molecular flexibility index (Phi) is 10.1. The zero-order valence-corrected chi connectivity index (χ0v) is 16.7. The van der Waals surface area contributed by atoms with Crippen LogP contribution in [0.4, 0.5) is 57.1 Å². The second-order valence-corrected chi connectivity index (χ2v) is 6.08. The molecule has 192 valence electrons. The summed E-state index contributed by atoms with van der Waals surface area (Å²) in [6, 6.07) is 0. The third kappa shape index (κ3) is 6.61. The van der Waals surface area contributed by atoms with E-state index in [9.17, 15) is 61.9 Å². The maximum Gasteiger partial charge on any atom is 0.460 e. The summed E-state index contributed by atoms with van der Waals surface area (Å²) in [6.45, 7) is 0.980. The van der Waals surface area contributed by atoms with Crippen molar-refractivity contribution in [1.82, 2.24) is 0 Å². The molecule has 0 aliphatic heterocycles. The molecule has 0 amide bonds. The first-order chi connectivity index (χ1) is 15.2. The van der Waals surface area contributed by atoms with Crippen molar-refractivity contribution in [2.24, 2.45) is 0 Å². The van der Waals surface area contributed by atoms with Crippen molar-refractivity contribution in [1.29, 1.82) is 0 Å². The van der Waals surface area contributed by atoms with Gasteiger partial charge in [0, 0.05) is 12.5 Å². The molecule has 0 aromatic heterocycles. The summed E-state index contributed by atoms with van der Waals surface area (Å²) < 4.78 is 172. The molecule has 34 heavy (non-hydrogen) atoms. The fourth-order valence-electron chi connectivity index (χ4n) is 1.65. The van der Waals surface area contributed by atoms with Gasteiger partial charge >= 0.3 is 41.8 Å². The molecule has 0 aromatic carbocycles. The highest BCUT2D eigenvalue weighted by molar-refractivity contribution is 5.82. The van der Waals surface area contributed by atoms with Crippen molar-refractivity contribution < 1.29 is 66.6 Å². The lowest BCUT2D eigenvalue weighted by Crippen LogP contribution is -2.69. The Morgan fingerprint density at radius 1 is 0.735 bits per heavy atom. The number of allylic oxidation sites excluding steroid dienone is 3. The predicted octanol–water partition coefficient (Wildman–Crippen LogP) is 6.19. The van der Waals surface area contributed by atoms with Crippen molar-refractivity contribution in [3.05, 3.63) is 24.3 Å². The summed E-state index contributed by atoms with van der Waals surface area (Å²) in [5, 5.41) is 0. The van der Waals surface area contributed by atoms with Crippen LogP contribution in [0.15, 0.2) is 24.3 Å². The van der Waals surface area contributed by atoms with E-state index in [2.05, 4.69) is 16.6 Å². The molecule has 0 aliphatic carbocycles. The van der Waals surface area contributed by atoms with Gasteiger partial charge in [-0.1, -0.05) is 30.6 Å². The van der Waals surface area contributed by atoms with Gasteiger partial charge in [-0.05, 0) is 24.6 Å². The minimum absolute atomic E-state index is 0.316. The van der Waals surface area contributed by atoms with Gasteiger partial charge < -0.3 is 4.74 Å². The predicted molar refractivity (Wildman–Crippen MR) is 90.5 cm³/mol. The maximum absolute atomic E-state index is 13.4. The topological polar surface area (TPSA) is 26.3 Å². The van der Waals surface area contributed by atoms with Crippen molar-refractivity contribution in [2.75, 3.05) is 6.61 Å². The summed E-state index contributed by atoms with van der Waals surface area (Å²) in [5.41, 5.74) is 0. The van der Waals surface area contributed by atoms with E-state index in [1.807, 2.05) is 6.92 Å². The van der Waals surface area contributed by atoms with E-state index in [4.69, 9.17) is 0 Å². The molecular weight excluding hydrogens is 507 g/mol. The lowest BCUT2D eigenvalue weighted by atomic mass is 9.94. The number of unbranched alkanes of at least 4 members (excludes halogenated alkanes) is 1. The number of alkyl halides is 13. The largest absolute Gasteiger partial charge is 0.460 e. The van der Waals surface area contributed by atoms with Crippen LogP contribution in [0.3, 0.4) is 0 Å². The standard InChI is InChI=1S/C19H13F13O2/c1-2-3-4-5-7-10-13(33)34-12-9-6-8-11-14(20,21)15(22,23)16(24,25)17(26,27)18(28,29)19(30,31)32/h7-8,10-11H,2-3,12H2,1H3/b10-7-,11-8+. The normalized spacial score (nSPS) is 13.9. The Morgan fingerprint density at radius 2 is 1.24 bits per heavy atom. The summed E-state index contributed by atoms with van der Waals surface area (Å²) in [7, 11) is 0. The average molecular weight is 520 g/mol. The minimum atomic E-state index is -7.96. The Bertz CT molecular complexity index is 891. The van der Waals surface area contributed by atoms with Crippen LogP contribution >= 0.6 is 0 Å². The van der Waals surface area contributed by atoms with Crippen molar-refractivity contribution in [3.63, 3.8) is 0 Å². The molecule has 0 bridgehead atoms. The molecule has 0 saturated carbocycles. The van der Waals surface area contributed by atoms with Gasteiger partial charge in [0.25, 0.3) is 0 Å². The van der Waals surface area contributed by atoms with Gasteiger partial charge in [-0.25, -0.2) is 4.79 Å². The minimum Gasteiger partial charge on any atom is -0.449 e. The Labute approximate surface area is 183 Å². The Hall–Kier alpha value is -2.84. The third-order valence-electron chi connectivity index (χ3n) is 3.50. The van der Waals surface area contributed by atoms with E-state index in [1.165, 1.54) is 5.92 Å². The van der Waals surface area contributed by atoms with Crippen molar-refractivity contribution in [2.45, 2.75) is 55.6 Å². The van der Waals surface area contributed by atoms with Crippen LogP contribution in [0.25, 0.3) is 0 Å². The number of esters is 1. The molecule has 0 spiro atoms. The number of halogens is 13. The number of hydrogen-bond donors (Lipinski definition) is 0. The number of carbonyl (C=O) groups is 1. The van der Waals surface area contributed by atoms with Gasteiger partial charge in [-0.3, -0.25) is 0 Å². The zero-order chi connectivity index (χ0) is 27.1. The van der Waals surface area contributed by atoms with Crippen molar-refractivity contribution >= 4 is 5.97 Å². The van der Waals surface area contributed by atoms with Gasteiger partial charge in [0.15, 0.2) is 6.61 Å². The summed E-state index contributed by atoms with van der Waals surface area (Å²) in [5.74, 6) is -30.2. The van der Waals surface area contributed by atoms with Crippen LogP contribution in [0, 0.1) is 23.7 Å². The molecule has 2 nitrogen and oxygen atoms in total. The quantitative estimate of drug-likeness (QED) is 0.165. The second kappa shape index (κ2) is 11.1. The zero-order valence-electron chi connectivity index (χ0n) is 16.7. The van der Waals surface area contributed by atoms with Gasteiger partial charge in [-0.15, -0.1) is 0 Å². The molecule has 15 heteroatoms. The van der Waals surface area contributed by atoms with Crippen LogP contribution in [0.2, 0.25) is 0 Å². The summed E-state index contributed by atoms with van der Waals surface area (Å²) in [6.07, 6.45) is -5.80. The van der Waals surface area contributed by atoms with E-state index >= 15 is 0 Å². The van der Waals surface area contributed by atoms with Crippen molar-refractivity contribution in [3.8, 4) is 23.7 Å². The van der Waals surface area contributed by atoms with E-state index in [0.717, 1.165) is 18.6 Å². The molecule has 0 aromatic rings. The highest BCUT2D eigenvalue weighted by Gasteiger charge is 2.90. The average Bonchev–Trinajstić information content (AvgIpc) is 2.68. The lowest BCUT2D eigenvalue weighted by Gasteiger charge is -2.39. The van der Waals surface area contributed by atoms with Crippen LogP contribution in [0.5, 0.6) is 0 Å². The highest BCUT2D eigenvalue weighted by atomic mass is 19.4. The fraction of sp³-hybridized carbons (Fsp3) is 0.526. The number of rotatable bonds is 8. The molecule has 0 saturated heterocycles. The van der Waals surface area contributed by atoms with Gasteiger partial charge in [0.2, 0.25) is 0 Å². The molecule has 0 aliphatic rings. The lowest BCUT2D eigenvalue weighted by molar-refractivity contribution is -0.436. The smallest absolute Gasteiger partial charge is 0.449 e. The molecule has 0 rings (SSSR count).